The molecule has 0 fully saturated rings. The standard InChI is InChI=1S/C14H13BrN2O/c1-2-10-5-3-4-6-12(10)17-14(18)13-9-11(15)7-8-16-13/h3-9H,2H2,1H3,(H,17,18). The molecule has 0 radical (unpaired) electrons. The number of carbonyl (C=O) groups is 1. The number of benzene rings is 1. The molecule has 0 saturated heterocycles. The molecule has 1 heterocycles. The number of hydrogen-bond acceptors (Lipinski definition) is 2. The molecular weight excluding hydrogens is 292 g/mol. The first-order valence-electron chi connectivity index (χ1n) is 5.71. The molecule has 2 rings (SSSR count). The molecule has 92 valence electrons. The van der Waals surface area contributed by atoms with Gasteiger partial charge in [-0.15, -0.1) is 0 Å². The molecule has 3 nitrogen and oxygen atoms in total. The van der Waals surface area contributed by atoms with Crippen LogP contribution in [0.2, 0.25) is 0 Å². The van der Waals surface area contributed by atoms with E-state index >= 15 is 0 Å². The molecule has 2 aromatic rings. The summed E-state index contributed by atoms with van der Waals surface area (Å²) in [5, 5.41) is 2.88. The monoisotopic (exact) mass is 304 g/mol. The number of hydrogen-bond donors (Lipinski definition) is 1. The first-order valence-corrected chi connectivity index (χ1v) is 6.51. The summed E-state index contributed by atoms with van der Waals surface area (Å²) in [7, 11) is 0. The molecule has 0 aliphatic rings. The number of anilines is 1. The van der Waals surface area contributed by atoms with E-state index in [1.807, 2.05) is 24.3 Å². The van der Waals surface area contributed by atoms with Gasteiger partial charge in [0, 0.05) is 16.4 Å². The summed E-state index contributed by atoms with van der Waals surface area (Å²) in [5.41, 5.74) is 2.35. The Kier molecular flexibility index (Phi) is 4.10. The van der Waals surface area contributed by atoms with E-state index in [9.17, 15) is 4.79 Å². The van der Waals surface area contributed by atoms with Crippen molar-refractivity contribution in [3.8, 4) is 0 Å². The van der Waals surface area contributed by atoms with Crippen LogP contribution in [0.25, 0.3) is 0 Å². The van der Waals surface area contributed by atoms with Crippen LogP contribution in [0.3, 0.4) is 0 Å². The van der Waals surface area contributed by atoms with Crippen LogP contribution in [0, 0.1) is 0 Å². The molecule has 0 aliphatic carbocycles. The molecule has 0 aliphatic heterocycles. The third kappa shape index (κ3) is 2.96. The number of para-hydroxylation sites is 1. The van der Waals surface area contributed by atoms with Gasteiger partial charge in [-0.25, -0.2) is 0 Å². The van der Waals surface area contributed by atoms with Crippen molar-refractivity contribution in [2.75, 3.05) is 5.32 Å². The highest BCUT2D eigenvalue weighted by Gasteiger charge is 2.09. The number of aromatic nitrogens is 1. The maximum atomic E-state index is 12.0. The molecule has 1 aromatic heterocycles. The lowest BCUT2D eigenvalue weighted by molar-refractivity contribution is 0.102. The Morgan fingerprint density at radius 2 is 2.11 bits per heavy atom. The lowest BCUT2D eigenvalue weighted by Crippen LogP contribution is -2.14. The highest BCUT2D eigenvalue weighted by Crippen LogP contribution is 2.17. The van der Waals surface area contributed by atoms with E-state index in [-0.39, 0.29) is 5.91 Å². The normalized spacial score (nSPS) is 10.1. The molecule has 1 aromatic carbocycles. The van der Waals surface area contributed by atoms with Crippen LogP contribution in [0.1, 0.15) is 23.0 Å². The molecule has 0 unspecified atom stereocenters. The van der Waals surface area contributed by atoms with Crippen molar-refractivity contribution in [3.05, 3.63) is 58.3 Å². The fourth-order valence-corrected chi connectivity index (χ4v) is 2.00. The number of aryl methyl sites for hydroxylation is 1. The Labute approximate surface area is 114 Å². The third-order valence-corrected chi connectivity index (χ3v) is 3.09. The first-order chi connectivity index (χ1) is 8.70. The van der Waals surface area contributed by atoms with Crippen molar-refractivity contribution in [3.63, 3.8) is 0 Å². The lowest BCUT2D eigenvalue weighted by Gasteiger charge is -2.09. The second kappa shape index (κ2) is 5.78. The Balaban J connectivity index is 2.21. The highest BCUT2D eigenvalue weighted by atomic mass is 79.9. The maximum absolute atomic E-state index is 12.0. The van der Waals surface area contributed by atoms with Crippen molar-refractivity contribution in [2.45, 2.75) is 13.3 Å². The zero-order valence-corrected chi connectivity index (χ0v) is 11.6. The summed E-state index contributed by atoms with van der Waals surface area (Å²) in [6.07, 6.45) is 2.48. The van der Waals surface area contributed by atoms with E-state index in [0.29, 0.717) is 5.69 Å². The number of rotatable bonds is 3. The summed E-state index contributed by atoms with van der Waals surface area (Å²) >= 11 is 3.32. The van der Waals surface area contributed by atoms with Gasteiger partial charge in [-0.3, -0.25) is 9.78 Å². The van der Waals surface area contributed by atoms with Crippen LogP contribution < -0.4 is 5.32 Å². The zero-order valence-electron chi connectivity index (χ0n) is 9.98. The summed E-state index contributed by atoms with van der Waals surface area (Å²) < 4.78 is 0.839. The van der Waals surface area contributed by atoms with Gasteiger partial charge < -0.3 is 5.32 Å². The van der Waals surface area contributed by atoms with Gasteiger partial charge in [0.2, 0.25) is 0 Å². The van der Waals surface area contributed by atoms with Gasteiger partial charge in [0.1, 0.15) is 5.69 Å². The van der Waals surface area contributed by atoms with Crippen LogP contribution in [0.5, 0.6) is 0 Å². The number of nitrogens with zero attached hydrogens (tertiary/aromatic N) is 1. The SMILES string of the molecule is CCc1ccccc1NC(=O)c1cc(Br)ccn1. The van der Waals surface area contributed by atoms with Gasteiger partial charge in [0.15, 0.2) is 0 Å². The second-order valence-corrected chi connectivity index (χ2v) is 4.74. The molecule has 0 spiro atoms. The van der Waals surface area contributed by atoms with Gasteiger partial charge in [-0.1, -0.05) is 41.1 Å². The van der Waals surface area contributed by atoms with Gasteiger partial charge in [-0.05, 0) is 30.2 Å². The molecule has 1 N–H and O–H groups in total. The second-order valence-electron chi connectivity index (χ2n) is 3.82. The molecule has 0 atom stereocenters. The highest BCUT2D eigenvalue weighted by molar-refractivity contribution is 9.10. The third-order valence-electron chi connectivity index (χ3n) is 2.60. The molecule has 4 heteroatoms. The van der Waals surface area contributed by atoms with Crippen molar-refractivity contribution >= 4 is 27.5 Å². The summed E-state index contributed by atoms with van der Waals surface area (Å²) in [5.74, 6) is -0.197. The van der Waals surface area contributed by atoms with Crippen molar-refractivity contribution in [1.82, 2.24) is 4.98 Å². The zero-order chi connectivity index (χ0) is 13.0. The minimum Gasteiger partial charge on any atom is -0.320 e. The summed E-state index contributed by atoms with van der Waals surface area (Å²) in [6.45, 7) is 2.06. The number of carbonyl (C=O) groups excluding carboxylic acids is 1. The van der Waals surface area contributed by atoms with Gasteiger partial charge in [-0.2, -0.15) is 0 Å². The Hall–Kier alpha value is -1.68. The van der Waals surface area contributed by atoms with Crippen molar-refractivity contribution in [1.29, 1.82) is 0 Å². The van der Waals surface area contributed by atoms with E-state index in [0.717, 1.165) is 22.1 Å². The molecular formula is C14H13BrN2O. The Morgan fingerprint density at radius 1 is 1.33 bits per heavy atom. The van der Waals surface area contributed by atoms with Crippen LogP contribution in [-0.4, -0.2) is 10.9 Å². The quantitative estimate of drug-likeness (QED) is 0.940. The average molecular weight is 305 g/mol. The molecule has 18 heavy (non-hydrogen) atoms. The smallest absolute Gasteiger partial charge is 0.274 e. The first kappa shape index (κ1) is 12.8. The summed E-state index contributed by atoms with van der Waals surface area (Å²) in [4.78, 5) is 16.1. The average Bonchev–Trinajstić information content (AvgIpc) is 2.39. The van der Waals surface area contributed by atoms with Crippen LogP contribution in [-0.2, 0) is 6.42 Å². The molecule has 1 amide bonds. The molecule has 0 bridgehead atoms. The van der Waals surface area contributed by atoms with E-state index in [2.05, 4.69) is 33.2 Å². The number of amides is 1. The summed E-state index contributed by atoms with van der Waals surface area (Å²) in [6, 6.07) is 11.3. The lowest BCUT2D eigenvalue weighted by atomic mass is 10.1. The topological polar surface area (TPSA) is 42.0 Å². The van der Waals surface area contributed by atoms with E-state index in [1.165, 1.54) is 0 Å². The minimum atomic E-state index is -0.197. The van der Waals surface area contributed by atoms with Gasteiger partial charge in [0.25, 0.3) is 5.91 Å². The van der Waals surface area contributed by atoms with Crippen LogP contribution >= 0.6 is 15.9 Å². The van der Waals surface area contributed by atoms with Gasteiger partial charge in [0.05, 0.1) is 0 Å². The van der Waals surface area contributed by atoms with Crippen LogP contribution in [0.4, 0.5) is 5.69 Å². The fraction of sp³-hybridized carbons (Fsp3) is 0.143. The fourth-order valence-electron chi connectivity index (χ4n) is 1.67. The predicted octanol–water partition coefficient (Wildman–Crippen LogP) is 3.66. The van der Waals surface area contributed by atoms with E-state index in [1.54, 1.807) is 18.3 Å². The maximum Gasteiger partial charge on any atom is 0.274 e. The van der Waals surface area contributed by atoms with E-state index in [4.69, 9.17) is 0 Å². The predicted molar refractivity (Wildman–Crippen MR) is 75.7 cm³/mol. The van der Waals surface area contributed by atoms with Crippen molar-refractivity contribution < 1.29 is 4.79 Å². The van der Waals surface area contributed by atoms with Gasteiger partial charge >= 0.3 is 0 Å². The van der Waals surface area contributed by atoms with Crippen LogP contribution in [0.15, 0.2) is 47.1 Å². The minimum absolute atomic E-state index is 0.197. The van der Waals surface area contributed by atoms with E-state index < -0.39 is 0 Å². The molecule has 0 saturated carbocycles. The number of pyridine rings is 1. The largest absolute Gasteiger partial charge is 0.320 e. The Bertz CT molecular complexity index is 569. The van der Waals surface area contributed by atoms with Crippen molar-refractivity contribution in [2.24, 2.45) is 0 Å². The Morgan fingerprint density at radius 3 is 2.83 bits per heavy atom. The number of halogens is 1. The number of nitrogens with one attached hydrogen (secondary N) is 1.